The van der Waals surface area contributed by atoms with Gasteiger partial charge in [-0.25, -0.2) is 0 Å². The van der Waals surface area contributed by atoms with E-state index in [1.165, 1.54) is 13.8 Å². The Bertz CT molecular complexity index is 226. The molecule has 0 radical (unpaired) electrons. The van der Waals surface area contributed by atoms with Crippen molar-refractivity contribution in [2.24, 2.45) is 0 Å². The van der Waals surface area contributed by atoms with E-state index >= 15 is 0 Å². The predicted molar refractivity (Wildman–Crippen MR) is 58.8 cm³/mol. The van der Waals surface area contributed by atoms with E-state index in [1.54, 1.807) is 0 Å². The molecule has 0 aromatic heterocycles. The number of Topliss-reactive ketones (excluding diaryl/α,β-unsaturated/α-hetero) is 1. The number of hydrogen-bond acceptors (Lipinski definition) is 4. The summed E-state index contributed by atoms with van der Waals surface area (Å²) in [5.74, 6) is -0.287. The molecule has 0 atom stereocenters. The van der Waals surface area contributed by atoms with Crippen LogP contribution in [0.15, 0.2) is 0 Å². The Morgan fingerprint density at radius 2 is 1.75 bits per heavy atom. The first-order chi connectivity index (χ1) is 7.52. The van der Waals surface area contributed by atoms with Crippen LogP contribution in [0.1, 0.15) is 39.5 Å². The molecule has 0 aliphatic heterocycles. The fourth-order valence-electron chi connectivity index (χ4n) is 1.08. The average molecular weight is 229 g/mol. The molecule has 0 aromatic rings. The van der Waals surface area contributed by atoms with Crippen molar-refractivity contribution in [1.82, 2.24) is 5.32 Å². The third kappa shape index (κ3) is 10.7. The number of hydrogen-bond donors (Lipinski definition) is 1. The standard InChI is InChI=1S/C11H19NO4/c1-9(13)5-4-8-16-11(15)6-3-7-12-10(2)14/h3-8H2,1-2H3,(H,12,14). The van der Waals surface area contributed by atoms with Crippen LogP contribution in [0.3, 0.4) is 0 Å². The summed E-state index contributed by atoms with van der Waals surface area (Å²) in [5.41, 5.74) is 0. The molecule has 5 nitrogen and oxygen atoms in total. The zero-order chi connectivity index (χ0) is 12.4. The Morgan fingerprint density at radius 3 is 2.31 bits per heavy atom. The summed E-state index contributed by atoms with van der Waals surface area (Å²) in [4.78, 5) is 32.2. The number of carbonyl (C=O) groups is 3. The highest BCUT2D eigenvalue weighted by Gasteiger charge is 2.03. The van der Waals surface area contributed by atoms with Gasteiger partial charge in [0.15, 0.2) is 0 Å². The Balaban J connectivity index is 3.31. The van der Waals surface area contributed by atoms with Gasteiger partial charge in [0.2, 0.25) is 5.91 Å². The Hall–Kier alpha value is -1.39. The maximum Gasteiger partial charge on any atom is 0.305 e. The van der Waals surface area contributed by atoms with Gasteiger partial charge in [-0.15, -0.1) is 0 Å². The van der Waals surface area contributed by atoms with Gasteiger partial charge in [0.1, 0.15) is 5.78 Å². The molecule has 1 N–H and O–H groups in total. The smallest absolute Gasteiger partial charge is 0.305 e. The maximum atomic E-state index is 11.1. The first-order valence-corrected chi connectivity index (χ1v) is 5.42. The molecule has 0 bridgehead atoms. The number of amides is 1. The summed E-state index contributed by atoms with van der Waals surface area (Å²) in [5, 5.41) is 2.59. The summed E-state index contributed by atoms with van der Waals surface area (Å²) in [7, 11) is 0. The Kier molecular flexibility index (Phi) is 8.11. The zero-order valence-electron chi connectivity index (χ0n) is 9.88. The van der Waals surface area contributed by atoms with Crippen LogP contribution in [-0.2, 0) is 19.1 Å². The van der Waals surface area contributed by atoms with E-state index in [0.717, 1.165) is 0 Å². The molecule has 0 spiro atoms. The van der Waals surface area contributed by atoms with E-state index in [1.807, 2.05) is 0 Å². The van der Waals surface area contributed by atoms with Crippen molar-refractivity contribution in [3.05, 3.63) is 0 Å². The maximum absolute atomic E-state index is 11.1. The normalized spacial score (nSPS) is 9.62. The molecular formula is C11H19NO4. The van der Waals surface area contributed by atoms with Gasteiger partial charge in [-0.05, 0) is 19.8 Å². The lowest BCUT2D eigenvalue weighted by molar-refractivity contribution is -0.144. The quantitative estimate of drug-likeness (QED) is 0.494. The van der Waals surface area contributed by atoms with Crippen molar-refractivity contribution in [3.8, 4) is 0 Å². The van der Waals surface area contributed by atoms with E-state index in [-0.39, 0.29) is 17.7 Å². The fraction of sp³-hybridized carbons (Fsp3) is 0.727. The molecule has 5 heteroatoms. The van der Waals surface area contributed by atoms with Crippen molar-refractivity contribution in [2.45, 2.75) is 39.5 Å². The number of carbonyl (C=O) groups excluding carboxylic acids is 3. The van der Waals surface area contributed by atoms with Crippen molar-refractivity contribution < 1.29 is 19.1 Å². The van der Waals surface area contributed by atoms with Crippen molar-refractivity contribution in [2.75, 3.05) is 13.2 Å². The average Bonchev–Trinajstić information content (AvgIpc) is 2.19. The molecule has 0 unspecified atom stereocenters. The lowest BCUT2D eigenvalue weighted by Gasteiger charge is -2.04. The highest BCUT2D eigenvalue weighted by Crippen LogP contribution is 1.96. The molecule has 0 saturated heterocycles. The number of esters is 1. The van der Waals surface area contributed by atoms with Gasteiger partial charge in [0, 0.05) is 26.3 Å². The van der Waals surface area contributed by atoms with Gasteiger partial charge < -0.3 is 14.8 Å². The molecule has 0 aromatic carbocycles. The zero-order valence-corrected chi connectivity index (χ0v) is 9.88. The van der Waals surface area contributed by atoms with Crippen LogP contribution >= 0.6 is 0 Å². The minimum atomic E-state index is -0.283. The topological polar surface area (TPSA) is 72.5 Å². The lowest BCUT2D eigenvalue weighted by atomic mass is 10.2. The number of rotatable bonds is 8. The molecule has 0 rings (SSSR count). The van der Waals surface area contributed by atoms with Gasteiger partial charge >= 0.3 is 5.97 Å². The summed E-state index contributed by atoms with van der Waals surface area (Å²) < 4.78 is 4.90. The number of ether oxygens (including phenoxy) is 1. The Labute approximate surface area is 95.5 Å². The monoisotopic (exact) mass is 229 g/mol. The van der Waals surface area contributed by atoms with Crippen molar-refractivity contribution in [3.63, 3.8) is 0 Å². The lowest BCUT2D eigenvalue weighted by Crippen LogP contribution is -2.21. The summed E-state index contributed by atoms with van der Waals surface area (Å²) in [6.07, 6.45) is 1.89. The van der Waals surface area contributed by atoms with Crippen LogP contribution in [0.5, 0.6) is 0 Å². The van der Waals surface area contributed by atoms with E-state index in [4.69, 9.17) is 4.74 Å². The predicted octanol–water partition coefficient (Wildman–Crippen LogP) is 0.815. The largest absolute Gasteiger partial charge is 0.466 e. The minimum absolute atomic E-state index is 0.0988. The Morgan fingerprint density at radius 1 is 1.06 bits per heavy atom. The van der Waals surface area contributed by atoms with Crippen LogP contribution < -0.4 is 5.32 Å². The first kappa shape index (κ1) is 14.6. The van der Waals surface area contributed by atoms with Gasteiger partial charge in [0.25, 0.3) is 0 Å². The van der Waals surface area contributed by atoms with E-state index in [2.05, 4.69) is 5.32 Å². The van der Waals surface area contributed by atoms with Gasteiger partial charge in [-0.1, -0.05) is 0 Å². The first-order valence-electron chi connectivity index (χ1n) is 5.42. The molecular weight excluding hydrogens is 210 g/mol. The second-order valence-corrected chi connectivity index (χ2v) is 3.61. The van der Waals surface area contributed by atoms with Gasteiger partial charge in [-0.2, -0.15) is 0 Å². The molecule has 0 saturated carbocycles. The molecule has 0 aliphatic carbocycles. The van der Waals surface area contributed by atoms with Crippen LogP contribution in [0.25, 0.3) is 0 Å². The number of nitrogens with one attached hydrogen (secondary N) is 1. The number of ketones is 1. The van der Waals surface area contributed by atoms with E-state index in [9.17, 15) is 14.4 Å². The van der Waals surface area contributed by atoms with E-state index in [0.29, 0.717) is 38.8 Å². The van der Waals surface area contributed by atoms with Crippen molar-refractivity contribution in [1.29, 1.82) is 0 Å². The van der Waals surface area contributed by atoms with Crippen LogP contribution in [0, 0.1) is 0 Å². The highest BCUT2D eigenvalue weighted by molar-refractivity contribution is 5.75. The summed E-state index contributed by atoms with van der Waals surface area (Å²) in [6.45, 7) is 3.71. The SMILES string of the molecule is CC(=O)CCCOC(=O)CCCNC(C)=O. The van der Waals surface area contributed by atoms with Gasteiger partial charge in [-0.3, -0.25) is 9.59 Å². The second-order valence-electron chi connectivity index (χ2n) is 3.61. The summed E-state index contributed by atoms with van der Waals surface area (Å²) >= 11 is 0. The van der Waals surface area contributed by atoms with Crippen LogP contribution in [0.2, 0.25) is 0 Å². The second kappa shape index (κ2) is 8.88. The van der Waals surface area contributed by atoms with Crippen LogP contribution in [-0.4, -0.2) is 30.8 Å². The minimum Gasteiger partial charge on any atom is -0.466 e. The third-order valence-electron chi connectivity index (χ3n) is 1.87. The molecule has 92 valence electrons. The van der Waals surface area contributed by atoms with Gasteiger partial charge in [0.05, 0.1) is 6.61 Å². The molecule has 0 aliphatic rings. The highest BCUT2D eigenvalue weighted by atomic mass is 16.5. The van der Waals surface area contributed by atoms with Crippen molar-refractivity contribution >= 4 is 17.7 Å². The fourth-order valence-corrected chi connectivity index (χ4v) is 1.08. The molecule has 0 fully saturated rings. The van der Waals surface area contributed by atoms with Crippen LogP contribution in [0.4, 0.5) is 0 Å². The molecule has 0 heterocycles. The molecule has 1 amide bonds. The summed E-state index contributed by atoms with van der Waals surface area (Å²) in [6, 6.07) is 0. The molecule has 16 heavy (non-hydrogen) atoms. The van der Waals surface area contributed by atoms with E-state index < -0.39 is 0 Å². The third-order valence-corrected chi connectivity index (χ3v) is 1.87.